The summed E-state index contributed by atoms with van der Waals surface area (Å²) in [5.41, 5.74) is -0.995. The summed E-state index contributed by atoms with van der Waals surface area (Å²) in [5, 5.41) is 0. The maximum atomic E-state index is 12.4. The molecule has 0 aliphatic heterocycles. The Morgan fingerprint density at radius 3 is 2.20 bits per heavy atom. The van der Waals surface area contributed by atoms with Crippen molar-refractivity contribution in [1.82, 2.24) is 0 Å². The third-order valence-corrected chi connectivity index (χ3v) is 3.47. The Morgan fingerprint density at radius 1 is 1.27 bits per heavy atom. The van der Waals surface area contributed by atoms with Gasteiger partial charge in [0.1, 0.15) is 0 Å². The van der Waals surface area contributed by atoms with Crippen LogP contribution in [0.5, 0.6) is 0 Å². The standard InChI is InChI=1S/C8H6BrF3O2S/c1-15(13,14)5-2-3-7(9)6(4-5)8(10,11)12/h2-4H,1H3. The molecule has 0 unspecified atom stereocenters. The van der Waals surface area contributed by atoms with Gasteiger partial charge in [0.15, 0.2) is 9.84 Å². The van der Waals surface area contributed by atoms with Crippen LogP contribution in [0.15, 0.2) is 27.6 Å². The molecule has 0 N–H and O–H groups in total. The highest BCUT2D eigenvalue weighted by Crippen LogP contribution is 2.35. The van der Waals surface area contributed by atoms with Crippen molar-refractivity contribution in [2.45, 2.75) is 11.1 Å². The normalized spacial score (nSPS) is 12.9. The molecule has 1 rings (SSSR count). The molecule has 1 aromatic carbocycles. The Bertz CT molecular complexity index is 479. The summed E-state index contributed by atoms with van der Waals surface area (Å²) in [5.74, 6) is 0. The van der Waals surface area contributed by atoms with E-state index in [1.165, 1.54) is 0 Å². The van der Waals surface area contributed by atoms with Crippen LogP contribution in [0.3, 0.4) is 0 Å². The van der Waals surface area contributed by atoms with E-state index >= 15 is 0 Å². The van der Waals surface area contributed by atoms with E-state index in [1.54, 1.807) is 0 Å². The Balaban J connectivity index is 3.43. The van der Waals surface area contributed by atoms with Gasteiger partial charge in [0.05, 0.1) is 10.5 Å². The predicted octanol–water partition coefficient (Wildman–Crippen LogP) is 2.87. The van der Waals surface area contributed by atoms with Gasteiger partial charge in [-0.05, 0) is 18.2 Å². The van der Waals surface area contributed by atoms with Crippen LogP contribution in [-0.2, 0) is 16.0 Å². The van der Waals surface area contributed by atoms with Crippen molar-refractivity contribution in [1.29, 1.82) is 0 Å². The van der Waals surface area contributed by atoms with Gasteiger partial charge in [0.2, 0.25) is 0 Å². The summed E-state index contributed by atoms with van der Waals surface area (Å²) in [6.07, 6.45) is -3.71. The zero-order chi connectivity index (χ0) is 11.9. The van der Waals surface area contributed by atoms with E-state index in [4.69, 9.17) is 0 Å². The summed E-state index contributed by atoms with van der Waals surface area (Å²) >= 11 is 2.72. The van der Waals surface area contributed by atoms with Crippen LogP contribution in [0.25, 0.3) is 0 Å². The van der Waals surface area contributed by atoms with Gasteiger partial charge in [0, 0.05) is 10.7 Å². The highest BCUT2D eigenvalue weighted by Gasteiger charge is 2.33. The van der Waals surface area contributed by atoms with Crippen LogP contribution < -0.4 is 0 Å². The molecule has 0 saturated heterocycles. The van der Waals surface area contributed by atoms with Gasteiger partial charge >= 0.3 is 6.18 Å². The van der Waals surface area contributed by atoms with Crippen molar-refractivity contribution in [2.24, 2.45) is 0 Å². The van der Waals surface area contributed by atoms with Crippen molar-refractivity contribution < 1.29 is 21.6 Å². The van der Waals surface area contributed by atoms with Crippen molar-refractivity contribution >= 4 is 25.8 Å². The minimum absolute atomic E-state index is 0.178. The number of alkyl halides is 3. The average molecular weight is 303 g/mol. The van der Waals surface area contributed by atoms with Crippen LogP contribution >= 0.6 is 15.9 Å². The molecular weight excluding hydrogens is 297 g/mol. The van der Waals surface area contributed by atoms with Crippen LogP contribution in [0, 0.1) is 0 Å². The summed E-state index contributed by atoms with van der Waals surface area (Å²) in [4.78, 5) is -0.349. The van der Waals surface area contributed by atoms with E-state index in [0.29, 0.717) is 6.07 Å². The van der Waals surface area contributed by atoms with Crippen LogP contribution in [0.2, 0.25) is 0 Å². The van der Waals surface area contributed by atoms with E-state index < -0.39 is 21.6 Å². The average Bonchev–Trinajstić information content (AvgIpc) is 2.00. The van der Waals surface area contributed by atoms with E-state index in [2.05, 4.69) is 15.9 Å². The molecular formula is C8H6BrF3O2S. The number of hydrogen-bond donors (Lipinski definition) is 0. The Hall–Kier alpha value is -0.560. The molecule has 0 amide bonds. The molecule has 1 aromatic rings. The van der Waals surface area contributed by atoms with Crippen LogP contribution in [-0.4, -0.2) is 14.7 Å². The fraction of sp³-hybridized carbons (Fsp3) is 0.250. The Kier molecular flexibility index (Phi) is 3.16. The molecule has 0 spiro atoms. The van der Waals surface area contributed by atoms with E-state index in [1.807, 2.05) is 0 Å². The third kappa shape index (κ3) is 2.94. The first-order valence-electron chi connectivity index (χ1n) is 3.69. The smallest absolute Gasteiger partial charge is 0.224 e. The Morgan fingerprint density at radius 2 is 1.80 bits per heavy atom. The molecule has 15 heavy (non-hydrogen) atoms. The third-order valence-electron chi connectivity index (χ3n) is 1.67. The van der Waals surface area contributed by atoms with Gasteiger partial charge in [-0.15, -0.1) is 0 Å². The Labute approximate surface area is 93.2 Å². The van der Waals surface area contributed by atoms with Crippen molar-refractivity contribution in [3.8, 4) is 0 Å². The van der Waals surface area contributed by atoms with Gasteiger partial charge in [-0.25, -0.2) is 8.42 Å². The predicted molar refractivity (Wildman–Crippen MR) is 52.3 cm³/mol. The first-order valence-corrected chi connectivity index (χ1v) is 6.37. The molecule has 0 fully saturated rings. The minimum Gasteiger partial charge on any atom is -0.224 e. The lowest BCUT2D eigenvalue weighted by atomic mass is 10.2. The molecule has 84 valence electrons. The second kappa shape index (κ2) is 3.79. The molecule has 0 radical (unpaired) electrons. The van der Waals surface area contributed by atoms with Gasteiger partial charge in [-0.3, -0.25) is 0 Å². The number of sulfone groups is 1. The quantitative estimate of drug-likeness (QED) is 0.799. The summed E-state index contributed by atoms with van der Waals surface area (Å²) in [6.45, 7) is 0. The molecule has 7 heteroatoms. The lowest BCUT2D eigenvalue weighted by Crippen LogP contribution is -2.08. The molecule has 0 bridgehead atoms. The first kappa shape index (κ1) is 12.5. The van der Waals surface area contributed by atoms with Crippen molar-refractivity contribution in [2.75, 3.05) is 6.26 Å². The molecule has 0 aliphatic carbocycles. The molecule has 0 heterocycles. The molecule has 0 aliphatic rings. The summed E-state index contributed by atoms with van der Waals surface area (Å²) in [7, 11) is -3.62. The summed E-state index contributed by atoms with van der Waals surface area (Å²) < 4.78 is 59.1. The number of halogens is 4. The maximum Gasteiger partial charge on any atom is 0.417 e. The fourth-order valence-corrected chi connectivity index (χ4v) is 2.07. The largest absolute Gasteiger partial charge is 0.417 e. The van der Waals surface area contributed by atoms with Crippen LogP contribution in [0.1, 0.15) is 5.56 Å². The second-order valence-corrected chi connectivity index (χ2v) is 5.78. The molecule has 0 aromatic heterocycles. The van der Waals surface area contributed by atoms with E-state index in [-0.39, 0.29) is 9.37 Å². The maximum absolute atomic E-state index is 12.4. The van der Waals surface area contributed by atoms with Crippen molar-refractivity contribution in [3.05, 3.63) is 28.2 Å². The first-order chi connectivity index (χ1) is 6.62. The zero-order valence-electron chi connectivity index (χ0n) is 7.47. The van der Waals surface area contributed by atoms with E-state index in [9.17, 15) is 21.6 Å². The summed E-state index contributed by atoms with van der Waals surface area (Å²) in [6, 6.07) is 2.80. The number of benzene rings is 1. The number of rotatable bonds is 1. The lowest BCUT2D eigenvalue weighted by Gasteiger charge is -2.10. The van der Waals surface area contributed by atoms with Gasteiger partial charge < -0.3 is 0 Å². The van der Waals surface area contributed by atoms with E-state index in [0.717, 1.165) is 18.4 Å². The highest BCUT2D eigenvalue weighted by atomic mass is 79.9. The van der Waals surface area contributed by atoms with Gasteiger partial charge in [-0.2, -0.15) is 13.2 Å². The zero-order valence-corrected chi connectivity index (χ0v) is 9.87. The topological polar surface area (TPSA) is 34.1 Å². The van der Waals surface area contributed by atoms with Crippen LogP contribution in [0.4, 0.5) is 13.2 Å². The molecule has 0 saturated carbocycles. The molecule has 0 atom stereocenters. The monoisotopic (exact) mass is 302 g/mol. The second-order valence-electron chi connectivity index (χ2n) is 2.91. The van der Waals surface area contributed by atoms with Gasteiger partial charge in [0.25, 0.3) is 0 Å². The fourth-order valence-electron chi connectivity index (χ4n) is 0.952. The lowest BCUT2D eigenvalue weighted by molar-refractivity contribution is -0.138. The minimum atomic E-state index is -4.57. The molecule has 2 nitrogen and oxygen atoms in total. The SMILES string of the molecule is CS(=O)(=O)c1ccc(Br)c(C(F)(F)F)c1. The van der Waals surface area contributed by atoms with Crippen molar-refractivity contribution in [3.63, 3.8) is 0 Å². The highest BCUT2D eigenvalue weighted by molar-refractivity contribution is 9.10. The van der Waals surface area contributed by atoms with Gasteiger partial charge in [-0.1, -0.05) is 15.9 Å². The number of hydrogen-bond acceptors (Lipinski definition) is 2.